The molecule has 0 fully saturated rings. The zero-order valence-electron chi connectivity index (χ0n) is 12.7. The van der Waals surface area contributed by atoms with Crippen molar-refractivity contribution < 1.29 is 9.59 Å². The maximum Gasteiger partial charge on any atom is 0.321 e. The van der Waals surface area contributed by atoms with Gasteiger partial charge in [-0.3, -0.25) is 9.78 Å². The van der Waals surface area contributed by atoms with Crippen LogP contribution in [0.15, 0.2) is 48.7 Å². The normalized spacial score (nSPS) is 10.1. The van der Waals surface area contributed by atoms with Crippen LogP contribution in [0.4, 0.5) is 10.5 Å². The summed E-state index contributed by atoms with van der Waals surface area (Å²) in [6, 6.07) is 12.4. The van der Waals surface area contributed by atoms with Crippen molar-refractivity contribution in [1.29, 1.82) is 0 Å². The fraction of sp³-hybridized carbons (Fsp3) is 0.235. The van der Waals surface area contributed by atoms with Gasteiger partial charge >= 0.3 is 6.03 Å². The van der Waals surface area contributed by atoms with Crippen LogP contribution in [0.3, 0.4) is 0 Å². The monoisotopic (exact) mass is 297 g/mol. The van der Waals surface area contributed by atoms with Gasteiger partial charge in [-0.1, -0.05) is 6.07 Å². The molecule has 2 rings (SSSR count). The number of Topliss-reactive ketones (excluding diaryl/α,β-unsaturated/α-hetero) is 1. The quantitative estimate of drug-likeness (QED) is 0.863. The van der Waals surface area contributed by atoms with Crippen molar-refractivity contribution >= 4 is 17.5 Å². The second-order valence-corrected chi connectivity index (χ2v) is 5.06. The number of nitrogens with one attached hydrogen (secondary N) is 1. The first-order valence-electron chi connectivity index (χ1n) is 7.09. The summed E-state index contributed by atoms with van der Waals surface area (Å²) in [6.45, 7) is 2.09. The minimum absolute atomic E-state index is 0.00496. The predicted molar refractivity (Wildman–Crippen MR) is 86.0 cm³/mol. The van der Waals surface area contributed by atoms with Gasteiger partial charge in [-0.25, -0.2) is 4.79 Å². The molecule has 1 heterocycles. The van der Waals surface area contributed by atoms with Crippen LogP contribution < -0.4 is 5.32 Å². The predicted octanol–water partition coefficient (Wildman–Crippen LogP) is 2.99. The third kappa shape index (κ3) is 4.41. The molecule has 0 saturated heterocycles. The number of hydrogen-bond acceptors (Lipinski definition) is 3. The third-order valence-electron chi connectivity index (χ3n) is 3.32. The Kier molecular flexibility index (Phi) is 5.25. The second kappa shape index (κ2) is 7.36. The highest BCUT2D eigenvalue weighted by Crippen LogP contribution is 2.10. The van der Waals surface area contributed by atoms with Gasteiger partial charge in [0.25, 0.3) is 0 Å². The minimum Gasteiger partial charge on any atom is -0.327 e. The van der Waals surface area contributed by atoms with Crippen LogP contribution in [0.5, 0.6) is 0 Å². The number of carbonyl (C=O) groups is 2. The fourth-order valence-corrected chi connectivity index (χ4v) is 1.94. The number of aromatic nitrogens is 1. The number of likely N-dealkylation sites (N-methyl/N-ethyl adjacent to an activating group) is 1. The Morgan fingerprint density at radius 3 is 2.45 bits per heavy atom. The second-order valence-electron chi connectivity index (χ2n) is 5.06. The summed E-state index contributed by atoms with van der Waals surface area (Å²) < 4.78 is 0. The van der Waals surface area contributed by atoms with E-state index >= 15 is 0 Å². The molecule has 0 saturated carbocycles. The van der Waals surface area contributed by atoms with Gasteiger partial charge in [-0.15, -0.1) is 0 Å². The maximum atomic E-state index is 12.1. The van der Waals surface area contributed by atoms with E-state index in [0.717, 1.165) is 5.69 Å². The molecular weight excluding hydrogens is 278 g/mol. The highest BCUT2D eigenvalue weighted by Gasteiger charge is 2.09. The number of nitrogens with zero attached hydrogens (tertiary/aromatic N) is 2. The highest BCUT2D eigenvalue weighted by atomic mass is 16.2. The SMILES string of the molecule is CC(=O)c1ccc(NC(=O)N(C)CCc2ccccn2)cc1. The molecule has 0 unspecified atom stereocenters. The Balaban J connectivity index is 1.87. The molecule has 22 heavy (non-hydrogen) atoms. The first-order valence-corrected chi connectivity index (χ1v) is 7.09. The first-order chi connectivity index (χ1) is 10.6. The van der Waals surface area contributed by atoms with Gasteiger partial charge in [0.05, 0.1) is 0 Å². The number of urea groups is 1. The Bertz CT molecular complexity index is 639. The number of amides is 2. The average Bonchev–Trinajstić information content (AvgIpc) is 2.54. The molecule has 0 bridgehead atoms. The Morgan fingerprint density at radius 1 is 1.14 bits per heavy atom. The topological polar surface area (TPSA) is 62.3 Å². The molecule has 0 aliphatic rings. The smallest absolute Gasteiger partial charge is 0.321 e. The van der Waals surface area contributed by atoms with E-state index in [1.807, 2.05) is 18.2 Å². The summed E-state index contributed by atoms with van der Waals surface area (Å²) in [6.07, 6.45) is 2.44. The fourth-order valence-electron chi connectivity index (χ4n) is 1.94. The van der Waals surface area contributed by atoms with E-state index in [1.165, 1.54) is 6.92 Å². The van der Waals surface area contributed by atoms with Crippen LogP contribution in [0.1, 0.15) is 23.0 Å². The van der Waals surface area contributed by atoms with Crippen molar-refractivity contribution in [2.45, 2.75) is 13.3 Å². The number of hydrogen-bond donors (Lipinski definition) is 1. The summed E-state index contributed by atoms with van der Waals surface area (Å²) in [4.78, 5) is 29.1. The van der Waals surface area contributed by atoms with E-state index in [9.17, 15) is 9.59 Å². The van der Waals surface area contributed by atoms with E-state index in [2.05, 4.69) is 10.3 Å². The van der Waals surface area contributed by atoms with Gasteiger partial charge in [0.2, 0.25) is 0 Å². The Labute approximate surface area is 130 Å². The molecule has 1 aromatic heterocycles. The van der Waals surface area contributed by atoms with Crippen LogP contribution in [-0.4, -0.2) is 35.3 Å². The number of carbonyl (C=O) groups excluding carboxylic acids is 2. The summed E-state index contributed by atoms with van der Waals surface area (Å²) in [5.74, 6) is 0.00496. The van der Waals surface area contributed by atoms with Gasteiger partial charge in [0, 0.05) is 43.2 Å². The van der Waals surface area contributed by atoms with Gasteiger partial charge in [0.1, 0.15) is 0 Å². The van der Waals surface area contributed by atoms with Gasteiger partial charge in [-0.05, 0) is 43.3 Å². The van der Waals surface area contributed by atoms with E-state index in [-0.39, 0.29) is 11.8 Å². The lowest BCUT2D eigenvalue weighted by molar-refractivity contribution is 0.101. The van der Waals surface area contributed by atoms with E-state index < -0.39 is 0 Å². The van der Waals surface area contributed by atoms with Crippen LogP contribution >= 0.6 is 0 Å². The van der Waals surface area contributed by atoms with Gasteiger partial charge in [0.15, 0.2) is 5.78 Å². The highest BCUT2D eigenvalue weighted by molar-refractivity contribution is 5.95. The molecule has 0 atom stereocenters. The van der Waals surface area contributed by atoms with Gasteiger partial charge in [-0.2, -0.15) is 0 Å². The maximum absolute atomic E-state index is 12.1. The number of pyridine rings is 1. The molecule has 0 spiro atoms. The lowest BCUT2D eigenvalue weighted by atomic mass is 10.1. The third-order valence-corrected chi connectivity index (χ3v) is 3.32. The molecule has 2 amide bonds. The van der Waals surface area contributed by atoms with E-state index in [1.54, 1.807) is 42.4 Å². The van der Waals surface area contributed by atoms with Crippen LogP contribution in [0, 0.1) is 0 Å². The van der Waals surface area contributed by atoms with Crippen molar-refractivity contribution in [2.24, 2.45) is 0 Å². The van der Waals surface area contributed by atoms with Crippen LogP contribution in [0.2, 0.25) is 0 Å². The number of anilines is 1. The zero-order valence-corrected chi connectivity index (χ0v) is 12.7. The molecule has 1 aromatic carbocycles. The molecule has 5 heteroatoms. The Hall–Kier alpha value is -2.69. The lowest BCUT2D eigenvalue weighted by Crippen LogP contribution is -2.33. The summed E-state index contributed by atoms with van der Waals surface area (Å²) in [5, 5.41) is 2.80. The number of ketones is 1. The molecule has 0 aliphatic heterocycles. The molecule has 0 radical (unpaired) electrons. The molecule has 114 valence electrons. The van der Waals surface area contributed by atoms with Crippen molar-refractivity contribution in [3.8, 4) is 0 Å². The molecule has 1 N–H and O–H groups in total. The van der Waals surface area contributed by atoms with E-state index in [0.29, 0.717) is 24.2 Å². The molecular formula is C17H19N3O2. The summed E-state index contributed by atoms with van der Waals surface area (Å²) in [5.41, 5.74) is 2.24. The zero-order chi connectivity index (χ0) is 15.9. The van der Waals surface area contributed by atoms with Crippen molar-refractivity contribution in [3.05, 3.63) is 59.9 Å². The standard InChI is InChI=1S/C17H19N3O2/c1-13(21)14-6-8-16(9-7-14)19-17(22)20(2)12-10-15-5-3-4-11-18-15/h3-9,11H,10,12H2,1-2H3,(H,19,22). The number of rotatable bonds is 5. The summed E-state index contributed by atoms with van der Waals surface area (Å²) in [7, 11) is 1.74. The lowest BCUT2D eigenvalue weighted by Gasteiger charge is -2.17. The van der Waals surface area contributed by atoms with Crippen LogP contribution in [-0.2, 0) is 6.42 Å². The molecule has 2 aromatic rings. The molecule has 5 nitrogen and oxygen atoms in total. The summed E-state index contributed by atoms with van der Waals surface area (Å²) >= 11 is 0. The average molecular weight is 297 g/mol. The van der Waals surface area contributed by atoms with Crippen molar-refractivity contribution in [2.75, 3.05) is 18.9 Å². The largest absolute Gasteiger partial charge is 0.327 e. The first kappa shape index (κ1) is 15.7. The van der Waals surface area contributed by atoms with Gasteiger partial charge < -0.3 is 10.2 Å². The van der Waals surface area contributed by atoms with Crippen molar-refractivity contribution in [3.63, 3.8) is 0 Å². The van der Waals surface area contributed by atoms with E-state index in [4.69, 9.17) is 0 Å². The minimum atomic E-state index is -0.188. The molecule has 0 aliphatic carbocycles. The van der Waals surface area contributed by atoms with Crippen molar-refractivity contribution in [1.82, 2.24) is 9.88 Å². The van der Waals surface area contributed by atoms with Crippen LogP contribution in [0.25, 0.3) is 0 Å². The Morgan fingerprint density at radius 2 is 1.86 bits per heavy atom. The number of benzene rings is 1.